The summed E-state index contributed by atoms with van der Waals surface area (Å²) in [5.74, 6) is -0.659. The Balaban J connectivity index is 2.65. The molecule has 0 aliphatic carbocycles. The summed E-state index contributed by atoms with van der Waals surface area (Å²) >= 11 is 5.08. The van der Waals surface area contributed by atoms with E-state index in [0.717, 1.165) is 12.1 Å². The molecule has 3 nitrogen and oxygen atoms in total. The summed E-state index contributed by atoms with van der Waals surface area (Å²) in [6.45, 7) is 1.79. The number of rotatable bonds is 2. The Morgan fingerprint density at radius 2 is 2.10 bits per heavy atom. The van der Waals surface area contributed by atoms with Gasteiger partial charge in [0, 0.05) is 17.1 Å². The number of nitrogens with one attached hydrogen (secondary N) is 1. The maximum Gasteiger partial charge on any atom is 0.416 e. The first-order valence-corrected chi connectivity index (χ1v) is 6.15. The van der Waals surface area contributed by atoms with Gasteiger partial charge in [-0.3, -0.25) is 0 Å². The number of carbonyl (C=O) groups is 1. The van der Waals surface area contributed by atoms with E-state index >= 15 is 0 Å². The van der Waals surface area contributed by atoms with Crippen LogP contribution in [0.15, 0.2) is 24.4 Å². The molecule has 0 aliphatic heterocycles. The van der Waals surface area contributed by atoms with Gasteiger partial charge < -0.3 is 9.72 Å². The first-order valence-electron chi connectivity index (χ1n) is 5.74. The molecule has 0 aliphatic rings. The van der Waals surface area contributed by atoms with Crippen LogP contribution in [0.1, 0.15) is 22.8 Å². The van der Waals surface area contributed by atoms with Crippen LogP contribution in [0.3, 0.4) is 0 Å². The van der Waals surface area contributed by atoms with Gasteiger partial charge in [-0.1, -0.05) is 12.2 Å². The molecule has 1 heterocycles. The molecule has 0 unspecified atom stereocenters. The van der Waals surface area contributed by atoms with Gasteiger partial charge in [0.1, 0.15) is 0 Å². The lowest BCUT2D eigenvalue weighted by Crippen LogP contribution is -2.07. The van der Waals surface area contributed by atoms with Gasteiger partial charge in [-0.2, -0.15) is 13.2 Å². The topological polar surface area (TPSA) is 42.1 Å². The number of fused-ring (bicyclic) bond motifs is 1. The molecule has 0 bridgehead atoms. The van der Waals surface area contributed by atoms with Crippen molar-refractivity contribution < 1.29 is 22.7 Å². The summed E-state index contributed by atoms with van der Waals surface area (Å²) < 4.78 is 42.9. The van der Waals surface area contributed by atoms with Crippen molar-refractivity contribution in [1.82, 2.24) is 4.98 Å². The molecule has 1 aromatic carbocycles. The van der Waals surface area contributed by atoms with E-state index in [0.29, 0.717) is 5.52 Å². The Kier molecular flexibility index (Phi) is 3.80. The van der Waals surface area contributed by atoms with Gasteiger partial charge >= 0.3 is 12.1 Å². The average Bonchev–Trinajstić information content (AvgIpc) is 2.38. The van der Waals surface area contributed by atoms with Crippen molar-refractivity contribution in [2.75, 3.05) is 6.61 Å². The average molecular weight is 301 g/mol. The van der Waals surface area contributed by atoms with E-state index < -0.39 is 17.7 Å². The van der Waals surface area contributed by atoms with Crippen LogP contribution in [0.25, 0.3) is 10.9 Å². The van der Waals surface area contributed by atoms with Gasteiger partial charge in [-0.15, -0.1) is 0 Å². The summed E-state index contributed by atoms with van der Waals surface area (Å²) in [6.07, 6.45) is -3.12. The van der Waals surface area contributed by atoms with Crippen molar-refractivity contribution in [3.63, 3.8) is 0 Å². The smallest absolute Gasteiger partial charge is 0.416 e. The Bertz CT molecular complexity index is 722. The molecule has 1 N–H and O–H groups in total. The highest BCUT2D eigenvalue weighted by Gasteiger charge is 2.30. The van der Waals surface area contributed by atoms with E-state index in [1.54, 1.807) is 6.92 Å². The number of aromatic nitrogens is 1. The monoisotopic (exact) mass is 301 g/mol. The van der Waals surface area contributed by atoms with E-state index in [-0.39, 0.29) is 22.1 Å². The van der Waals surface area contributed by atoms with E-state index in [4.69, 9.17) is 17.0 Å². The normalized spacial score (nSPS) is 11.6. The second-order valence-electron chi connectivity index (χ2n) is 4.01. The van der Waals surface area contributed by atoms with Crippen molar-refractivity contribution >= 4 is 29.1 Å². The lowest BCUT2D eigenvalue weighted by molar-refractivity contribution is -0.137. The molecular weight excluding hydrogens is 291 g/mol. The second-order valence-corrected chi connectivity index (χ2v) is 4.42. The summed E-state index contributed by atoms with van der Waals surface area (Å²) in [5.41, 5.74) is -0.338. The van der Waals surface area contributed by atoms with Gasteiger partial charge in [0.15, 0.2) is 0 Å². The number of hydrogen-bond donors (Lipinski definition) is 1. The van der Waals surface area contributed by atoms with Crippen LogP contribution in [0.2, 0.25) is 0 Å². The molecule has 106 valence electrons. The minimum Gasteiger partial charge on any atom is -0.462 e. The summed E-state index contributed by atoms with van der Waals surface area (Å²) in [7, 11) is 0. The molecule has 0 saturated heterocycles. The Morgan fingerprint density at radius 1 is 1.40 bits per heavy atom. The van der Waals surface area contributed by atoms with Gasteiger partial charge in [-0.05, 0) is 25.1 Å². The molecule has 2 rings (SSSR count). The van der Waals surface area contributed by atoms with Crippen molar-refractivity contribution in [3.8, 4) is 0 Å². The molecule has 0 atom stereocenters. The van der Waals surface area contributed by atoms with Gasteiger partial charge in [0.2, 0.25) is 0 Å². The number of benzene rings is 1. The highest BCUT2D eigenvalue weighted by Crippen LogP contribution is 2.31. The lowest BCUT2D eigenvalue weighted by atomic mass is 10.1. The predicted molar refractivity (Wildman–Crippen MR) is 70.1 cm³/mol. The molecule has 2 aromatic rings. The van der Waals surface area contributed by atoms with Crippen molar-refractivity contribution in [3.05, 3.63) is 40.0 Å². The number of alkyl halides is 3. The number of ether oxygens (including phenoxy) is 1. The number of aromatic amines is 1. The summed E-state index contributed by atoms with van der Waals surface area (Å²) in [4.78, 5) is 14.4. The molecule has 7 heteroatoms. The molecule has 1 aromatic heterocycles. The van der Waals surface area contributed by atoms with Crippen LogP contribution in [0, 0.1) is 4.51 Å². The van der Waals surface area contributed by atoms with E-state index in [2.05, 4.69) is 4.98 Å². The van der Waals surface area contributed by atoms with Crippen LogP contribution in [0.4, 0.5) is 13.2 Å². The van der Waals surface area contributed by atoms with Crippen LogP contribution in [-0.2, 0) is 10.9 Å². The Morgan fingerprint density at radius 3 is 2.70 bits per heavy atom. The largest absolute Gasteiger partial charge is 0.462 e. The highest BCUT2D eigenvalue weighted by atomic mass is 32.1. The zero-order chi connectivity index (χ0) is 14.9. The molecular formula is C13H10F3NO2S. The minimum atomic E-state index is -4.46. The van der Waals surface area contributed by atoms with Crippen LogP contribution < -0.4 is 0 Å². The summed E-state index contributed by atoms with van der Waals surface area (Å²) in [6, 6.07) is 3.16. The fourth-order valence-corrected chi connectivity index (χ4v) is 2.07. The number of esters is 1. The third-order valence-corrected chi connectivity index (χ3v) is 3.14. The van der Waals surface area contributed by atoms with Crippen molar-refractivity contribution in [2.45, 2.75) is 13.1 Å². The molecule has 20 heavy (non-hydrogen) atoms. The van der Waals surface area contributed by atoms with Gasteiger partial charge in [0.05, 0.1) is 22.2 Å². The highest BCUT2D eigenvalue weighted by molar-refractivity contribution is 7.71. The van der Waals surface area contributed by atoms with Crippen LogP contribution in [0.5, 0.6) is 0 Å². The second kappa shape index (κ2) is 5.24. The molecule has 0 radical (unpaired) electrons. The number of hydrogen-bond acceptors (Lipinski definition) is 3. The number of carbonyl (C=O) groups excluding carboxylic acids is 1. The van der Waals surface area contributed by atoms with E-state index in [1.165, 1.54) is 12.3 Å². The zero-order valence-corrected chi connectivity index (χ0v) is 11.2. The fraction of sp³-hybridized carbons (Fsp3) is 0.231. The SMILES string of the molecule is CCOC(=O)c1c[nH]c2ccc(C(F)(F)F)cc2c1=S. The fourth-order valence-electron chi connectivity index (χ4n) is 1.76. The van der Waals surface area contributed by atoms with Gasteiger partial charge in [0.25, 0.3) is 0 Å². The van der Waals surface area contributed by atoms with Gasteiger partial charge in [-0.25, -0.2) is 4.79 Å². The van der Waals surface area contributed by atoms with Crippen LogP contribution >= 0.6 is 12.2 Å². The first kappa shape index (κ1) is 14.5. The first-order chi connectivity index (χ1) is 9.34. The Labute approximate surface area is 117 Å². The standard InChI is InChI=1S/C13H10F3NO2S/c1-2-19-12(18)9-6-17-10-4-3-7(13(14,15)16)5-8(10)11(9)20/h3-6H,2H2,1H3,(H,17,20). The third-order valence-electron chi connectivity index (χ3n) is 2.70. The summed E-state index contributed by atoms with van der Waals surface area (Å²) in [5, 5.41) is 0.167. The Hall–Kier alpha value is -1.89. The van der Waals surface area contributed by atoms with Crippen LogP contribution in [-0.4, -0.2) is 17.6 Å². The maximum absolute atomic E-state index is 12.7. The van der Waals surface area contributed by atoms with Crippen molar-refractivity contribution in [2.24, 2.45) is 0 Å². The van der Waals surface area contributed by atoms with Crippen molar-refractivity contribution in [1.29, 1.82) is 0 Å². The van der Waals surface area contributed by atoms with E-state index in [9.17, 15) is 18.0 Å². The number of pyridine rings is 1. The quantitative estimate of drug-likeness (QED) is 0.671. The number of H-pyrrole nitrogens is 1. The third kappa shape index (κ3) is 2.67. The maximum atomic E-state index is 12.7. The lowest BCUT2D eigenvalue weighted by Gasteiger charge is -2.09. The molecule has 0 fully saturated rings. The molecule has 0 spiro atoms. The predicted octanol–water partition coefficient (Wildman–Crippen LogP) is 4.09. The zero-order valence-electron chi connectivity index (χ0n) is 10.4. The molecule has 0 saturated carbocycles. The van der Waals surface area contributed by atoms with E-state index in [1.807, 2.05) is 0 Å². The molecule has 0 amide bonds. The number of halogens is 3. The minimum absolute atomic E-state index is 0.0447.